The maximum atomic E-state index is 12.1. The van der Waals surface area contributed by atoms with E-state index in [2.05, 4.69) is 0 Å². The van der Waals surface area contributed by atoms with Crippen LogP contribution in [0.25, 0.3) is 0 Å². The molecule has 1 aromatic rings. The van der Waals surface area contributed by atoms with Crippen molar-refractivity contribution < 1.29 is 32.2 Å². The van der Waals surface area contributed by atoms with Crippen LogP contribution in [0.3, 0.4) is 0 Å². The lowest BCUT2D eigenvalue weighted by Gasteiger charge is -2.15. The minimum absolute atomic E-state index is 0.283. The Hall–Kier alpha value is -2.12. The van der Waals surface area contributed by atoms with Crippen LogP contribution >= 0.6 is 0 Å². The van der Waals surface area contributed by atoms with E-state index < -0.39 is 12.1 Å². The highest BCUT2D eigenvalue weighted by molar-refractivity contribution is 5.81. The van der Waals surface area contributed by atoms with Crippen LogP contribution in [-0.2, 0) is 11.3 Å². The number of ether oxygens (including phenoxy) is 3. The van der Waals surface area contributed by atoms with E-state index in [1.807, 2.05) is 0 Å². The second-order valence-electron chi connectivity index (χ2n) is 3.70. The van der Waals surface area contributed by atoms with Gasteiger partial charge in [-0.1, -0.05) is 0 Å². The van der Waals surface area contributed by atoms with Gasteiger partial charge >= 0.3 is 12.1 Å². The second-order valence-corrected chi connectivity index (χ2v) is 3.70. The Labute approximate surface area is 113 Å². The molecule has 0 spiro atoms. The number of hydrogen-bond donors (Lipinski definition) is 1. The summed E-state index contributed by atoms with van der Waals surface area (Å²) >= 11 is 0. The van der Waals surface area contributed by atoms with Crippen LogP contribution < -0.4 is 19.5 Å². The predicted octanol–water partition coefficient (Wildman–Crippen LogP) is 1.89. The molecule has 0 bridgehead atoms. The Morgan fingerprint density at radius 3 is 2.00 bits per heavy atom. The van der Waals surface area contributed by atoms with Gasteiger partial charge < -0.3 is 19.5 Å². The number of amides is 1. The molecule has 0 aromatic heterocycles. The normalized spacial score (nSPS) is 10.9. The van der Waals surface area contributed by atoms with Crippen molar-refractivity contribution in [2.24, 2.45) is 0 Å². The molecule has 0 radical (unpaired) electrons. The number of rotatable bonds is 5. The summed E-state index contributed by atoms with van der Waals surface area (Å²) in [7, 11) is 4.17. The molecule has 0 saturated carbocycles. The molecule has 8 heteroatoms. The van der Waals surface area contributed by atoms with Crippen molar-refractivity contribution in [3.05, 3.63) is 17.7 Å². The van der Waals surface area contributed by atoms with Gasteiger partial charge in [0.1, 0.15) is 5.75 Å². The summed E-state index contributed by atoms with van der Waals surface area (Å²) in [6, 6.07) is 2.90. The lowest BCUT2D eigenvalue weighted by Crippen LogP contribution is -2.36. The van der Waals surface area contributed by atoms with Crippen molar-refractivity contribution in [1.82, 2.24) is 5.32 Å². The van der Waals surface area contributed by atoms with Crippen molar-refractivity contribution in [3.63, 3.8) is 0 Å². The topological polar surface area (TPSA) is 56.8 Å². The van der Waals surface area contributed by atoms with E-state index in [1.165, 1.54) is 33.5 Å². The summed E-state index contributed by atoms with van der Waals surface area (Å²) in [5.74, 6) is -1.04. The Bertz CT molecular complexity index is 488. The van der Waals surface area contributed by atoms with Crippen LogP contribution in [0.15, 0.2) is 12.1 Å². The van der Waals surface area contributed by atoms with Crippen LogP contribution in [0.4, 0.5) is 13.2 Å². The number of methoxy groups -OCH3 is 3. The summed E-state index contributed by atoms with van der Waals surface area (Å²) in [5.41, 5.74) is 0.336. The van der Waals surface area contributed by atoms with E-state index in [1.54, 1.807) is 5.32 Å². The number of carbonyl (C=O) groups excluding carboxylic acids is 1. The van der Waals surface area contributed by atoms with Gasteiger partial charge in [0.2, 0.25) is 0 Å². The highest BCUT2D eigenvalue weighted by atomic mass is 19.4. The third-order valence-corrected chi connectivity index (χ3v) is 2.48. The Balaban J connectivity index is 2.97. The molecular weight excluding hydrogens is 279 g/mol. The first-order valence-corrected chi connectivity index (χ1v) is 5.47. The molecule has 0 aliphatic rings. The van der Waals surface area contributed by atoms with Gasteiger partial charge in [-0.15, -0.1) is 0 Å². The summed E-state index contributed by atoms with van der Waals surface area (Å²) in [4.78, 5) is 10.8. The van der Waals surface area contributed by atoms with Gasteiger partial charge in [0.25, 0.3) is 0 Å². The van der Waals surface area contributed by atoms with Crippen LogP contribution in [0, 0.1) is 0 Å². The number of benzene rings is 1. The zero-order valence-corrected chi connectivity index (χ0v) is 11.1. The quantitative estimate of drug-likeness (QED) is 0.900. The lowest BCUT2D eigenvalue weighted by atomic mass is 10.1. The van der Waals surface area contributed by atoms with E-state index in [4.69, 9.17) is 14.2 Å². The Morgan fingerprint density at radius 1 is 1.05 bits per heavy atom. The molecule has 1 N–H and O–H groups in total. The Morgan fingerprint density at radius 2 is 1.55 bits per heavy atom. The van der Waals surface area contributed by atoms with Gasteiger partial charge in [0, 0.05) is 18.2 Å². The molecule has 20 heavy (non-hydrogen) atoms. The summed E-state index contributed by atoms with van der Waals surface area (Å²) < 4.78 is 51.4. The average molecular weight is 293 g/mol. The maximum Gasteiger partial charge on any atom is 0.471 e. The summed E-state index contributed by atoms with van der Waals surface area (Å²) in [6.45, 7) is -0.345. The molecule has 0 heterocycles. The summed E-state index contributed by atoms with van der Waals surface area (Å²) in [6.07, 6.45) is -4.93. The summed E-state index contributed by atoms with van der Waals surface area (Å²) in [5, 5.41) is 1.76. The number of halogens is 3. The second kappa shape index (κ2) is 6.36. The van der Waals surface area contributed by atoms with Gasteiger partial charge in [-0.25, -0.2) is 0 Å². The third kappa shape index (κ3) is 3.69. The van der Waals surface area contributed by atoms with Gasteiger partial charge in [-0.3, -0.25) is 4.79 Å². The van der Waals surface area contributed by atoms with Gasteiger partial charge in [-0.2, -0.15) is 13.2 Å². The van der Waals surface area contributed by atoms with E-state index >= 15 is 0 Å². The van der Waals surface area contributed by atoms with Gasteiger partial charge in [0.05, 0.1) is 21.3 Å². The van der Waals surface area contributed by atoms with Crippen LogP contribution in [0.5, 0.6) is 17.2 Å². The molecule has 1 aromatic carbocycles. The molecule has 1 rings (SSSR count). The lowest BCUT2D eigenvalue weighted by molar-refractivity contribution is -0.173. The van der Waals surface area contributed by atoms with E-state index in [-0.39, 0.29) is 12.3 Å². The zero-order chi connectivity index (χ0) is 15.3. The monoisotopic (exact) mass is 293 g/mol. The molecule has 0 fully saturated rings. The average Bonchev–Trinajstić information content (AvgIpc) is 2.42. The number of alkyl halides is 3. The maximum absolute atomic E-state index is 12.1. The third-order valence-electron chi connectivity index (χ3n) is 2.48. The van der Waals surface area contributed by atoms with E-state index in [0.29, 0.717) is 17.1 Å². The minimum Gasteiger partial charge on any atom is -0.496 e. The number of nitrogens with one attached hydrogen (secondary N) is 1. The van der Waals surface area contributed by atoms with Crippen LogP contribution in [-0.4, -0.2) is 33.4 Å². The first-order chi connectivity index (χ1) is 9.33. The number of hydrogen-bond acceptors (Lipinski definition) is 4. The molecule has 0 aliphatic carbocycles. The fraction of sp³-hybridized carbons (Fsp3) is 0.417. The molecule has 0 unspecified atom stereocenters. The van der Waals surface area contributed by atoms with Crippen molar-refractivity contribution in [2.75, 3.05) is 21.3 Å². The van der Waals surface area contributed by atoms with Crippen molar-refractivity contribution >= 4 is 5.91 Å². The van der Waals surface area contributed by atoms with Crippen molar-refractivity contribution in [2.45, 2.75) is 12.7 Å². The standard InChI is InChI=1S/C12H14F3NO4/c1-18-8-5-10(20-3)9(19-2)4-7(8)6-16-11(17)12(13,14)15/h4-5H,6H2,1-3H3,(H,16,17). The molecule has 0 saturated heterocycles. The van der Waals surface area contributed by atoms with Crippen molar-refractivity contribution in [1.29, 1.82) is 0 Å². The highest BCUT2D eigenvalue weighted by Crippen LogP contribution is 2.34. The molecule has 0 aliphatic heterocycles. The fourth-order valence-electron chi connectivity index (χ4n) is 1.51. The Kier molecular flexibility index (Phi) is 5.06. The van der Waals surface area contributed by atoms with Gasteiger partial charge in [0.15, 0.2) is 11.5 Å². The highest BCUT2D eigenvalue weighted by Gasteiger charge is 2.38. The first-order valence-electron chi connectivity index (χ1n) is 5.47. The largest absolute Gasteiger partial charge is 0.496 e. The molecule has 1 amide bonds. The molecular formula is C12H14F3NO4. The SMILES string of the molecule is COc1cc(OC)c(OC)cc1CNC(=O)C(F)(F)F. The van der Waals surface area contributed by atoms with Crippen molar-refractivity contribution in [3.8, 4) is 17.2 Å². The van der Waals surface area contributed by atoms with E-state index in [9.17, 15) is 18.0 Å². The molecule has 0 atom stereocenters. The zero-order valence-electron chi connectivity index (χ0n) is 11.1. The number of carbonyl (C=O) groups is 1. The van der Waals surface area contributed by atoms with Gasteiger partial charge in [-0.05, 0) is 6.07 Å². The fourth-order valence-corrected chi connectivity index (χ4v) is 1.51. The smallest absolute Gasteiger partial charge is 0.471 e. The first kappa shape index (κ1) is 15.9. The van der Waals surface area contributed by atoms with Crippen LogP contribution in [0.2, 0.25) is 0 Å². The predicted molar refractivity (Wildman–Crippen MR) is 64.0 cm³/mol. The van der Waals surface area contributed by atoms with Crippen LogP contribution in [0.1, 0.15) is 5.56 Å². The molecule has 112 valence electrons. The van der Waals surface area contributed by atoms with E-state index in [0.717, 1.165) is 0 Å². The molecule has 5 nitrogen and oxygen atoms in total. The minimum atomic E-state index is -4.93.